The monoisotopic (exact) mass is 423 g/mol. The van der Waals surface area contributed by atoms with Gasteiger partial charge >= 0.3 is 0 Å². The summed E-state index contributed by atoms with van der Waals surface area (Å²) in [5.74, 6) is 0.0837. The summed E-state index contributed by atoms with van der Waals surface area (Å²) >= 11 is 0. The van der Waals surface area contributed by atoms with Crippen molar-refractivity contribution in [3.63, 3.8) is 0 Å². The zero-order chi connectivity index (χ0) is 22.2. The molecule has 0 saturated heterocycles. The minimum absolute atomic E-state index is 0.0837. The highest BCUT2D eigenvalue weighted by molar-refractivity contribution is 5.76. The molecule has 1 heterocycles. The first-order valence-corrected chi connectivity index (χ1v) is 11.2. The van der Waals surface area contributed by atoms with Gasteiger partial charge in [-0.05, 0) is 49.4 Å². The number of hydrogen-bond donors (Lipinski definition) is 1. The SMILES string of the molecule is Cc1ccc(-c2nn(-c3ccccc3)cc2CCC(=O)NCCCc2ccccc2)cc1. The number of nitrogens with one attached hydrogen (secondary N) is 1. The predicted octanol–water partition coefficient (Wildman–Crippen LogP) is 5.53. The molecule has 0 atom stereocenters. The van der Waals surface area contributed by atoms with Crippen LogP contribution in [0.3, 0.4) is 0 Å². The fourth-order valence-electron chi connectivity index (χ4n) is 3.76. The van der Waals surface area contributed by atoms with E-state index in [0.717, 1.165) is 35.3 Å². The van der Waals surface area contributed by atoms with Crippen molar-refractivity contribution in [2.75, 3.05) is 6.54 Å². The predicted molar refractivity (Wildman–Crippen MR) is 130 cm³/mol. The molecule has 162 valence electrons. The van der Waals surface area contributed by atoms with E-state index in [9.17, 15) is 4.79 Å². The first-order chi connectivity index (χ1) is 15.7. The average Bonchev–Trinajstić information content (AvgIpc) is 3.26. The van der Waals surface area contributed by atoms with Gasteiger partial charge in [0.25, 0.3) is 0 Å². The van der Waals surface area contributed by atoms with E-state index < -0.39 is 0 Å². The Hall–Kier alpha value is -3.66. The third-order valence-corrected chi connectivity index (χ3v) is 5.56. The molecule has 4 rings (SSSR count). The van der Waals surface area contributed by atoms with E-state index >= 15 is 0 Å². The Balaban J connectivity index is 1.39. The standard InChI is InChI=1S/C28H29N3O/c1-22-14-16-24(17-15-22)28-25(21-31(30-28)26-12-6-3-7-13-26)18-19-27(32)29-20-8-11-23-9-4-2-5-10-23/h2-7,9-10,12-17,21H,8,11,18-20H2,1H3,(H,29,32). The molecule has 4 heteroatoms. The first kappa shape index (κ1) is 21.6. The quantitative estimate of drug-likeness (QED) is 0.360. The number of rotatable bonds is 9. The van der Waals surface area contributed by atoms with E-state index in [1.165, 1.54) is 11.1 Å². The van der Waals surface area contributed by atoms with Gasteiger partial charge in [-0.3, -0.25) is 4.79 Å². The Morgan fingerprint density at radius 2 is 1.56 bits per heavy atom. The van der Waals surface area contributed by atoms with Crippen molar-refractivity contribution in [3.8, 4) is 16.9 Å². The number of nitrogens with zero attached hydrogens (tertiary/aromatic N) is 2. The lowest BCUT2D eigenvalue weighted by Crippen LogP contribution is -2.25. The van der Waals surface area contributed by atoms with Crippen LogP contribution >= 0.6 is 0 Å². The maximum atomic E-state index is 12.5. The maximum absolute atomic E-state index is 12.5. The number of aromatic nitrogens is 2. The molecule has 4 aromatic rings. The van der Waals surface area contributed by atoms with E-state index in [1.54, 1.807) is 0 Å². The Kier molecular flexibility index (Phi) is 7.13. The average molecular weight is 424 g/mol. The molecule has 0 aliphatic rings. The molecule has 0 fully saturated rings. The van der Waals surface area contributed by atoms with E-state index in [4.69, 9.17) is 5.10 Å². The van der Waals surface area contributed by atoms with Gasteiger partial charge in [0.15, 0.2) is 0 Å². The zero-order valence-electron chi connectivity index (χ0n) is 18.5. The number of carbonyl (C=O) groups excluding carboxylic acids is 1. The molecule has 1 aromatic heterocycles. The highest BCUT2D eigenvalue weighted by atomic mass is 16.1. The third-order valence-electron chi connectivity index (χ3n) is 5.56. The van der Waals surface area contributed by atoms with Crippen LogP contribution < -0.4 is 5.32 Å². The Morgan fingerprint density at radius 1 is 0.875 bits per heavy atom. The van der Waals surface area contributed by atoms with Gasteiger partial charge in [-0.25, -0.2) is 4.68 Å². The molecule has 0 radical (unpaired) electrons. The second kappa shape index (κ2) is 10.6. The summed E-state index contributed by atoms with van der Waals surface area (Å²) in [6.07, 6.45) is 5.07. The van der Waals surface area contributed by atoms with Crippen LogP contribution in [-0.4, -0.2) is 22.2 Å². The summed E-state index contributed by atoms with van der Waals surface area (Å²) in [6.45, 7) is 2.78. The topological polar surface area (TPSA) is 46.9 Å². The number of benzene rings is 3. The highest BCUT2D eigenvalue weighted by Crippen LogP contribution is 2.25. The minimum atomic E-state index is 0.0837. The second-order valence-electron chi connectivity index (χ2n) is 8.09. The summed E-state index contributed by atoms with van der Waals surface area (Å²) in [6, 6.07) is 28.8. The fraction of sp³-hybridized carbons (Fsp3) is 0.214. The molecule has 0 bridgehead atoms. The van der Waals surface area contributed by atoms with Crippen LogP contribution in [0.4, 0.5) is 0 Å². The summed E-state index contributed by atoms with van der Waals surface area (Å²) < 4.78 is 1.91. The van der Waals surface area contributed by atoms with Crippen molar-refractivity contribution in [1.82, 2.24) is 15.1 Å². The summed E-state index contributed by atoms with van der Waals surface area (Å²) in [5, 5.41) is 7.91. The van der Waals surface area contributed by atoms with Crippen LogP contribution in [-0.2, 0) is 17.6 Å². The van der Waals surface area contributed by atoms with Crippen molar-refractivity contribution in [2.45, 2.75) is 32.6 Å². The number of amides is 1. The van der Waals surface area contributed by atoms with Gasteiger partial charge in [-0.2, -0.15) is 5.10 Å². The fourth-order valence-corrected chi connectivity index (χ4v) is 3.76. The van der Waals surface area contributed by atoms with E-state index in [2.05, 4.69) is 60.8 Å². The summed E-state index contributed by atoms with van der Waals surface area (Å²) in [4.78, 5) is 12.5. The number of carbonyl (C=O) groups is 1. The van der Waals surface area contributed by atoms with Crippen LogP contribution in [0.5, 0.6) is 0 Å². The molecular weight excluding hydrogens is 394 g/mol. The molecule has 32 heavy (non-hydrogen) atoms. The maximum Gasteiger partial charge on any atom is 0.220 e. The van der Waals surface area contributed by atoms with E-state index in [1.807, 2.05) is 47.3 Å². The molecular formula is C28H29N3O. The molecule has 0 aliphatic heterocycles. The van der Waals surface area contributed by atoms with Gasteiger partial charge in [0.05, 0.1) is 11.4 Å². The summed E-state index contributed by atoms with van der Waals surface area (Å²) in [7, 11) is 0. The Bertz CT molecular complexity index is 1130. The van der Waals surface area contributed by atoms with Crippen LogP contribution in [0, 0.1) is 6.92 Å². The van der Waals surface area contributed by atoms with E-state index in [0.29, 0.717) is 19.4 Å². The van der Waals surface area contributed by atoms with Crippen molar-refractivity contribution >= 4 is 5.91 Å². The van der Waals surface area contributed by atoms with Crippen molar-refractivity contribution in [1.29, 1.82) is 0 Å². The van der Waals surface area contributed by atoms with Gasteiger partial charge in [0.2, 0.25) is 5.91 Å². The summed E-state index contributed by atoms with van der Waals surface area (Å²) in [5.41, 5.74) is 6.62. The number of hydrogen-bond acceptors (Lipinski definition) is 2. The lowest BCUT2D eigenvalue weighted by Gasteiger charge is -2.06. The lowest BCUT2D eigenvalue weighted by atomic mass is 10.0. The molecule has 1 N–H and O–H groups in total. The van der Waals surface area contributed by atoms with Gasteiger partial charge < -0.3 is 5.32 Å². The van der Waals surface area contributed by atoms with Crippen LogP contribution in [0.1, 0.15) is 29.5 Å². The first-order valence-electron chi connectivity index (χ1n) is 11.2. The molecule has 0 spiro atoms. The molecule has 4 nitrogen and oxygen atoms in total. The van der Waals surface area contributed by atoms with Crippen LogP contribution in [0.2, 0.25) is 0 Å². The zero-order valence-corrected chi connectivity index (χ0v) is 18.5. The minimum Gasteiger partial charge on any atom is -0.356 e. The highest BCUT2D eigenvalue weighted by Gasteiger charge is 2.14. The largest absolute Gasteiger partial charge is 0.356 e. The van der Waals surface area contributed by atoms with Crippen LogP contribution in [0.25, 0.3) is 16.9 Å². The third kappa shape index (κ3) is 5.73. The van der Waals surface area contributed by atoms with Gasteiger partial charge in [0, 0.05) is 24.7 Å². The molecule has 0 aliphatic carbocycles. The van der Waals surface area contributed by atoms with Crippen molar-refractivity contribution in [2.24, 2.45) is 0 Å². The molecule has 3 aromatic carbocycles. The second-order valence-corrected chi connectivity index (χ2v) is 8.09. The molecule has 1 amide bonds. The molecule has 0 saturated carbocycles. The van der Waals surface area contributed by atoms with E-state index in [-0.39, 0.29) is 5.91 Å². The smallest absolute Gasteiger partial charge is 0.220 e. The van der Waals surface area contributed by atoms with Gasteiger partial charge in [-0.15, -0.1) is 0 Å². The number of aryl methyl sites for hydroxylation is 3. The molecule has 0 unspecified atom stereocenters. The van der Waals surface area contributed by atoms with Gasteiger partial charge in [-0.1, -0.05) is 78.4 Å². The lowest BCUT2D eigenvalue weighted by molar-refractivity contribution is -0.121. The Morgan fingerprint density at radius 3 is 2.28 bits per heavy atom. The van der Waals surface area contributed by atoms with Crippen molar-refractivity contribution < 1.29 is 4.79 Å². The van der Waals surface area contributed by atoms with Gasteiger partial charge in [0.1, 0.15) is 0 Å². The van der Waals surface area contributed by atoms with Crippen molar-refractivity contribution in [3.05, 3.63) is 108 Å². The number of para-hydroxylation sites is 1. The normalized spacial score (nSPS) is 10.8. The van der Waals surface area contributed by atoms with Crippen LogP contribution in [0.15, 0.2) is 91.1 Å². The Labute approximate surface area is 189 Å².